The average molecular weight is 358 g/mol. The largest absolute Gasteiger partial charge is 0.350 e. The van der Waals surface area contributed by atoms with Gasteiger partial charge in [0.1, 0.15) is 0 Å². The van der Waals surface area contributed by atoms with E-state index in [4.69, 9.17) is 0 Å². The lowest BCUT2D eigenvalue weighted by Gasteiger charge is -2.11. The number of nitrogens with one attached hydrogen (secondary N) is 3. The van der Waals surface area contributed by atoms with Crippen LogP contribution in [0.5, 0.6) is 0 Å². The molecule has 3 N–H and O–H groups in total. The highest BCUT2D eigenvalue weighted by atomic mass is 16.1. The molecule has 1 aromatic heterocycles. The minimum Gasteiger partial charge on any atom is -0.350 e. The number of amides is 1. The van der Waals surface area contributed by atoms with Crippen molar-refractivity contribution in [1.82, 2.24) is 20.8 Å². The Balaban J connectivity index is 1.33. The summed E-state index contributed by atoms with van der Waals surface area (Å²) in [5.41, 5.74) is 7.62. The highest BCUT2D eigenvalue weighted by Gasteiger charge is 2.24. The van der Waals surface area contributed by atoms with Gasteiger partial charge in [0.25, 0.3) is 5.91 Å². The molecule has 1 atom stereocenters. The summed E-state index contributed by atoms with van der Waals surface area (Å²) in [5, 5.41) is 14.2. The lowest BCUT2D eigenvalue weighted by molar-refractivity contribution is 0.0950. The zero-order valence-corrected chi connectivity index (χ0v) is 15.1. The van der Waals surface area contributed by atoms with E-state index < -0.39 is 0 Å². The summed E-state index contributed by atoms with van der Waals surface area (Å²) >= 11 is 0. The van der Waals surface area contributed by atoms with Crippen molar-refractivity contribution in [1.29, 1.82) is 0 Å². The third-order valence-corrected chi connectivity index (χ3v) is 5.61. The zero-order chi connectivity index (χ0) is 18.2. The predicted octanol–water partition coefficient (Wildman–Crippen LogP) is 3.13. The molecule has 2 aliphatic rings. The monoisotopic (exact) mass is 358 g/mol. The number of nitrogens with zero attached hydrogens (tertiary/aromatic N) is 1. The number of fused-ring (bicyclic) bond motifs is 3. The van der Waals surface area contributed by atoms with E-state index >= 15 is 0 Å². The fourth-order valence-electron chi connectivity index (χ4n) is 4.14. The van der Waals surface area contributed by atoms with Gasteiger partial charge in [-0.2, -0.15) is 5.10 Å². The van der Waals surface area contributed by atoms with Crippen LogP contribution in [0.1, 0.15) is 34.3 Å². The molecule has 1 saturated heterocycles. The van der Waals surface area contributed by atoms with Crippen molar-refractivity contribution in [3.63, 3.8) is 0 Å². The molecule has 1 fully saturated rings. The molecule has 1 aliphatic heterocycles. The first-order valence-electron chi connectivity index (χ1n) is 9.57. The molecule has 1 amide bonds. The summed E-state index contributed by atoms with van der Waals surface area (Å²) in [6, 6.07) is 16.6. The van der Waals surface area contributed by atoms with Crippen LogP contribution in [0, 0.1) is 0 Å². The van der Waals surface area contributed by atoms with E-state index in [9.17, 15) is 4.79 Å². The smallest absolute Gasteiger partial charge is 0.251 e. The summed E-state index contributed by atoms with van der Waals surface area (Å²) in [5.74, 6) is -0.0186. The summed E-state index contributed by atoms with van der Waals surface area (Å²) in [4.78, 5) is 12.4. The van der Waals surface area contributed by atoms with Crippen LogP contribution in [0.4, 0.5) is 0 Å². The fourth-order valence-corrected chi connectivity index (χ4v) is 4.14. The molecule has 0 saturated carbocycles. The van der Waals surface area contributed by atoms with E-state index in [-0.39, 0.29) is 5.91 Å². The van der Waals surface area contributed by atoms with Gasteiger partial charge in [-0.15, -0.1) is 0 Å². The maximum atomic E-state index is 12.4. The van der Waals surface area contributed by atoms with Crippen molar-refractivity contribution in [2.24, 2.45) is 0 Å². The number of carbonyl (C=O) groups is 1. The van der Waals surface area contributed by atoms with Crippen LogP contribution in [0.2, 0.25) is 0 Å². The van der Waals surface area contributed by atoms with Gasteiger partial charge in [-0.05, 0) is 37.1 Å². The molecular formula is C22H22N4O. The van der Waals surface area contributed by atoms with Gasteiger partial charge in [0.2, 0.25) is 0 Å². The van der Waals surface area contributed by atoms with Gasteiger partial charge in [0.05, 0.1) is 11.4 Å². The molecule has 2 aromatic carbocycles. The number of aromatic amines is 1. The zero-order valence-electron chi connectivity index (χ0n) is 15.1. The van der Waals surface area contributed by atoms with Crippen LogP contribution >= 0.6 is 0 Å². The van der Waals surface area contributed by atoms with Crippen molar-refractivity contribution in [3.05, 3.63) is 65.2 Å². The Morgan fingerprint density at radius 1 is 1.15 bits per heavy atom. The summed E-state index contributed by atoms with van der Waals surface area (Å²) in [7, 11) is 0. The SMILES string of the molecule is O=C(NC[C@@H]1CCCN1)c1ccc(-c2n[nH]c3c2Cc2ccccc2-3)cc1. The second-order valence-corrected chi connectivity index (χ2v) is 7.34. The van der Waals surface area contributed by atoms with E-state index in [1.54, 1.807) is 0 Å². The minimum absolute atomic E-state index is 0.0186. The Kier molecular flexibility index (Phi) is 4.02. The number of aromatic nitrogens is 2. The van der Waals surface area contributed by atoms with Crippen molar-refractivity contribution < 1.29 is 4.79 Å². The van der Waals surface area contributed by atoms with Crippen molar-refractivity contribution in [3.8, 4) is 22.5 Å². The maximum Gasteiger partial charge on any atom is 0.251 e. The molecule has 136 valence electrons. The first-order chi connectivity index (χ1) is 13.3. The van der Waals surface area contributed by atoms with Gasteiger partial charge in [0.15, 0.2) is 0 Å². The Morgan fingerprint density at radius 2 is 2.00 bits per heavy atom. The molecular weight excluding hydrogens is 336 g/mol. The number of benzene rings is 2. The Bertz CT molecular complexity index is 984. The van der Waals surface area contributed by atoms with Crippen LogP contribution in [0.15, 0.2) is 48.5 Å². The molecule has 5 nitrogen and oxygen atoms in total. The first kappa shape index (κ1) is 16.3. The van der Waals surface area contributed by atoms with Crippen LogP contribution < -0.4 is 10.6 Å². The number of rotatable bonds is 4. The van der Waals surface area contributed by atoms with Crippen LogP contribution in [-0.2, 0) is 6.42 Å². The number of carbonyl (C=O) groups excluding carboxylic acids is 1. The number of hydrogen-bond acceptors (Lipinski definition) is 3. The predicted molar refractivity (Wildman–Crippen MR) is 106 cm³/mol. The lowest BCUT2D eigenvalue weighted by atomic mass is 10.0. The van der Waals surface area contributed by atoms with E-state index in [1.165, 1.54) is 23.1 Å². The topological polar surface area (TPSA) is 69.8 Å². The molecule has 5 heteroatoms. The third kappa shape index (κ3) is 2.94. The summed E-state index contributed by atoms with van der Waals surface area (Å²) in [6.07, 6.45) is 3.22. The quantitative estimate of drug-likeness (QED) is 0.525. The molecule has 27 heavy (non-hydrogen) atoms. The van der Waals surface area contributed by atoms with Crippen molar-refractivity contribution in [2.45, 2.75) is 25.3 Å². The van der Waals surface area contributed by atoms with Crippen molar-refractivity contribution in [2.75, 3.05) is 13.1 Å². The molecule has 1 aliphatic carbocycles. The normalized spacial score (nSPS) is 17.6. The Hall–Kier alpha value is -2.92. The van der Waals surface area contributed by atoms with Gasteiger partial charge in [0, 0.05) is 41.3 Å². The fraction of sp³-hybridized carbons (Fsp3) is 0.273. The lowest BCUT2D eigenvalue weighted by Crippen LogP contribution is -2.37. The van der Waals surface area contributed by atoms with E-state index in [1.807, 2.05) is 24.3 Å². The van der Waals surface area contributed by atoms with E-state index in [0.29, 0.717) is 18.2 Å². The molecule has 0 spiro atoms. The first-order valence-corrected chi connectivity index (χ1v) is 9.57. The second-order valence-electron chi connectivity index (χ2n) is 7.34. The maximum absolute atomic E-state index is 12.4. The Morgan fingerprint density at radius 3 is 2.81 bits per heavy atom. The molecule has 2 heterocycles. The molecule has 5 rings (SSSR count). The van der Waals surface area contributed by atoms with Crippen LogP contribution in [0.3, 0.4) is 0 Å². The van der Waals surface area contributed by atoms with Crippen molar-refractivity contribution >= 4 is 5.91 Å². The van der Waals surface area contributed by atoms with Gasteiger partial charge in [-0.25, -0.2) is 0 Å². The Labute approximate surface area is 158 Å². The van der Waals surface area contributed by atoms with E-state index in [2.05, 4.69) is 45.1 Å². The highest BCUT2D eigenvalue weighted by Crippen LogP contribution is 2.39. The molecule has 0 radical (unpaired) electrons. The van der Waals surface area contributed by atoms with E-state index in [0.717, 1.165) is 36.3 Å². The second kappa shape index (κ2) is 6.67. The molecule has 0 unspecified atom stereocenters. The van der Waals surface area contributed by atoms with Gasteiger partial charge in [-0.3, -0.25) is 9.89 Å². The third-order valence-electron chi connectivity index (χ3n) is 5.61. The van der Waals surface area contributed by atoms with Crippen LogP contribution in [0.25, 0.3) is 22.5 Å². The highest BCUT2D eigenvalue weighted by molar-refractivity contribution is 5.94. The van der Waals surface area contributed by atoms with Crippen LogP contribution in [-0.4, -0.2) is 35.2 Å². The molecule has 0 bridgehead atoms. The number of hydrogen-bond donors (Lipinski definition) is 3. The van der Waals surface area contributed by atoms with Gasteiger partial charge < -0.3 is 10.6 Å². The standard InChI is InChI=1S/C22H22N4O/c27-22(24-13-17-5-3-11-23-17)15-9-7-14(8-10-15)20-19-12-16-4-1-2-6-18(16)21(19)26-25-20/h1-2,4,6-10,17,23H,3,5,11-13H2,(H,24,27)(H,25,26)/t17-/m0/s1. The number of H-pyrrole nitrogens is 1. The molecule has 3 aromatic rings. The van der Waals surface area contributed by atoms with Gasteiger partial charge in [-0.1, -0.05) is 36.4 Å². The average Bonchev–Trinajstić information content (AvgIpc) is 3.43. The minimum atomic E-state index is -0.0186. The summed E-state index contributed by atoms with van der Waals surface area (Å²) in [6.45, 7) is 1.73. The van der Waals surface area contributed by atoms with Gasteiger partial charge >= 0.3 is 0 Å². The summed E-state index contributed by atoms with van der Waals surface area (Å²) < 4.78 is 0.